The van der Waals surface area contributed by atoms with E-state index in [2.05, 4.69) is 0 Å². The van der Waals surface area contributed by atoms with Crippen LogP contribution in [0.25, 0.3) is 0 Å². The predicted molar refractivity (Wildman–Crippen MR) is 73.3 cm³/mol. The summed E-state index contributed by atoms with van der Waals surface area (Å²) in [4.78, 5) is 25.5. The van der Waals surface area contributed by atoms with Crippen LogP contribution in [0.4, 0.5) is 0 Å². The number of carbonyl (C=O) groups is 2. The van der Waals surface area contributed by atoms with Gasteiger partial charge in [0.05, 0.1) is 30.8 Å². The smallest absolute Gasteiger partial charge is 0.173 e. The first-order valence-corrected chi connectivity index (χ1v) is 6.95. The summed E-state index contributed by atoms with van der Waals surface area (Å²) in [6.45, 7) is 3.82. The van der Waals surface area contributed by atoms with E-state index in [9.17, 15) is 9.59 Å². The average molecular weight is 274 g/mol. The van der Waals surface area contributed by atoms with Crippen molar-refractivity contribution in [1.82, 2.24) is 0 Å². The molecule has 1 aromatic rings. The molecule has 0 N–H and O–H groups in total. The Labute approximate surface area is 118 Å². The van der Waals surface area contributed by atoms with Gasteiger partial charge in [0.1, 0.15) is 5.75 Å². The fourth-order valence-electron chi connectivity index (χ4n) is 3.53. The number of Topliss-reactive ketones (excluding diaryl/α,β-unsaturated/α-hetero) is 2. The highest BCUT2D eigenvalue weighted by Gasteiger charge is 2.48. The highest BCUT2D eigenvalue weighted by molar-refractivity contribution is 6.17. The van der Waals surface area contributed by atoms with Crippen molar-refractivity contribution in [1.29, 1.82) is 0 Å². The Bertz CT molecular complexity index is 578. The summed E-state index contributed by atoms with van der Waals surface area (Å²) in [6, 6.07) is 5.20. The van der Waals surface area contributed by atoms with Gasteiger partial charge in [0, 0.05) is 11.5 Å². The highest BCUT2D eigenvalue weighted by atomic mass is 16.5. The number of hydrogen-bond acceptors (Lipinski definition) is 4. The summed E-state index contributed by atoms with van der Waals surface area (Å²) >= 11 is 0. The lowest BCUT2D eigenvalue weighted by molar-refractivity contribution is -0.0745. The Balaban J connectivity index is 2.15. The number of rotatable bonds is 1. The third-order valence-corrected chi connectivity index (χ3v) is 4.37. The Morgan fingerprint density at radius 3 is 2.65 bits per heavy atom. The van der Waals surface area contributed by atoms with Gasteiger partial charge in [-0.1, -0.05) is 12.1 Å². The van der Waals surface area contributed by atoms with Crippen LogP contribution in [-0.2, 0) is 4.74 Å². The van der Waals surface area contributed by atoms with E-state index in [0.29, 0.717) is 23.3 Å². The minimum absolute atomic E-state index is 0.00941. The molecule has 4 atom stereocenters. The van der Waals surface area contributed by atoms with E-state index in [1.54, 1.807) is 18.2 Å². The molecule has 0 spiro atoms. The molecule has 1 saturated heterocycles. The van der Waals surface area contributed by atoms with Gasteiger partial charge in [0.15, 0.2) is 11.6 Å². The zero-order valence-corrected chi connectivity index (χ0v) is 11.9. The normalized spacial score (nSPS) is 32.5. The van der Waals surface area contributed by atoms with E-state index in [4.69, 9.17) is 9.47 Å². The summed E-state index contributed by atoms with van der Waals surface area (Å²) < 4.78 is 11.0. The van der Waals surface area contributed by atoms with Crippen molar-refractivity contribution >= 4 is 11.6 Å². The summed E-state index contributed by atoms with van der Waals surface area (Å²) in [5.41, 5.74) is 0.920. The monoisotopic (exact) mass is 274 g/mol. The van der Waals surface area contributed by atoms with Crippen molar-refractivity contribution in [2.24, 2.45) is 11.8 Å². The molecule has 1 aliphatic carbocycles. The van der Waals surface area contributed by atoms with Crippen LogP contribution in [-0.4, -0.2) is 30.9 Å². The summed E-state index contributed by atoms with van der Waals surface area (Å²) in [5.74, 6) is -0.152. The average Bonchev–Trinajstić information content (AvgIpc) is 2.43. The molecule has 0 bridgehead atoms. The van der Waals surface area contributed by atoms with Gasteiger partial charge in [-0.2, -0.15) is 0 Å². The zero-order chi connectivity index (χ0) is 14.4. The van der Waals surface area contributed by atoms with Crippen LogP contribution in [0, 0.1) is 11.8 Å². The Morgan fingerprint density at radius 1 is 1.20 bits per heavy atom. The fourth-order valence-corrected chi connectivity index (χ4v) is 3.53. The molecule has 20 heavy (non-hydrogen) atoms. The second-order valence-electron chi connectivity index (χ2n) is 5.63. The van der Waals surface area contributed by atoms with Gasteiger partial charge in [0.25, 0.3) is 0 Å². The Morgan fingerprint density at radius 2 is 1.95 bits per heavy atom. The first-order chi connectivity index (χ1) is 9.54. The Hall–Kier alpha value is -1.68. The van der Waals surface area contributed by atoms with Crippen molar-refractivity contribution in [3.63, 3.8) is 0 Å². The largest absolute Gasteiger partial charge is 0.496 e. The van der Waals surface area contributed by atoms with E-state index in [1.807, 2.05) is 13.8 Å². The molecule has 1 fully saturated rings. The molecule has 4 heteroatoms. The fraction of sp³-hybridized carbons (Fsp3) is 0.500. The molecule has 0 amide bonds. The van der Waals surface area contributed by atoms with Crippen LogP contribution in [0.1, 0.15) is 41.0 Å². The van der Waals surface area contributed by atoms with Crippen LogP contribution >= 0.6 is 0 Å². The number of hydrogen-bond donors (Lipinski definition) is 0. The molecule has 2 aliphatic rings. The van der Waals surface area contributed by atoms with Gasteiger partial charge < -0.3 is 9.47 Å². The van der Waals surface area contributed by atoms with E-state index < -0.39 is 0 Å². The summed E-state index contributed by atoms with van der Waals surface area (Å²) in [7, 11) is 1.52. The van der Waals surface area contributed by atoms with Crippen LogP contribution in [0.3, 0.4) is 0 Å². The van der Waals surface area contributed by atoms with E-state index in [1.165, 1.54) is 7.11 Å². The molecule has 1 heterocycles. The lowest BCUT2D eigenvalue weighted by atomic mass is 9.68. The van der Waals surface area contributed by atoms with E-state index in [0.717, 1.165) is 0 Å². The minimum Gasteiger partial charge on any atom is -0.496 e. The maximum atomic E-state index is 12.8. The van der Waals surface area contributed by atoms with Gasteiger partial charge in [-0.15, -0.1) is 0 Å². The van der Waals surface area contributed by atoms with Gasteiger partial charge in [-0.05, 0) is 26.3 Å². The standard InChI is InChI=1S/C16H18O4/c1-8-7-11-13(9(2)20-8)16(18)14-10(15(11)17)5-4-6-12(14)19-3/h4-6,8-9,11,13H,7H2,1-3H3/t8-,9-,11?,13?/m0/s1. The van der Waals surface area contributed by atoms with Crippen molar-refractivity contribution in [3.8, 4) is 5.75 Å². The molecule has 3 rings (SSSR count). The maximum Gasteiger partial charge on any atom is 0.173 e. The third-order valence-electron chi connectivity index (χ3n) is 4.37. The second-order valence-corrected chi connectivity index (χ2v) is 5.63. The number of carbonyl (C=O) groups excluding carboxylic acids is 2. The van der Waals surface area contributed by atoms with Crippen LogP contribution in [0.15, 0.2) is 18.2 Å². The van der Waals surface area contributed by atoms with E-state index >= 15 is 0 Å². The number of fused-ring (bicyclic) bond motifs is 2. The predicted octanol–water partition coefficient (Wildman–Crippen LogP) is 2.50. The van der Waals surface area contributed by atoms with Gasteiger partial charge in [-0.25, -0.2) is 0 Å². The highest BCUT2D eigenvalue weighted by Crippen LogP contribution is 2.42. The van der Waals surface area contributed by atoms with E-state index in [-0.39, 0.29) is 35.6 Å². The van der Waals surface area contributed by atoms with Crippen molar-refractivity contribution in [3.05, 3.63) is 29.3 Å². The van der Waals surface area contributed by atoms with Crippen LogP contribution < -0.4 is 4.74 Å². The number of benzene rings is 1. The molecule has 0 radical (unpaired) electrons. The second kappa shape index (κ2) is 4.70. The topological polar surface area (TPSA) is 52.6 Å². The van der Waals surface area contributed by atoms with Crippen molar-refractivity contribution in [2.75, 3.05) is 7.11 Å². The minimum atomic E-state index is -0.387. The van der Waals surface area contributed by atoms with Crippen LogP contribution in [0.2, 0.25) is 0 Å². The van der Waals surface area contributed by atoms with Gasteiger partial charge in [-0.3, -0.25) is 9.59 Å². The first kappa shape index (κ1) is 13.3. The zero-order valence-electron chi connectivity index (χ0n) is 11.9. The Kier molecular flexibility index (Phi) is 3.13. The summed E-state index contributed by atoms with van der Waals surface area (Å²) in [5, 5.41) is 0. The molecular weight excluding hydrogens is 256 g/mol. The molecule has 4 nitrogen and oxygen atoms in total. The molecule has 106 valence electrons. The SMILES string of the molecule is COc1cccc2c1C(=O)C1C(C[C@H](C)O[C@H]1C)C2=O. The van der Waals surface area contributed by atoms with Gasteiger partial charge >= 0.3 is 0 Å². The quantitative estimate of drug-likeness (QED) is 0.789. The maximum absolute atomic E-state index is 12.8. The lowest BCUT2D eigenvalue weighted by Gasteiger charge is -2.41. The number of ketones is 2. The number of ether oxygens (including phenoxy) is 2. The molecule has 1 aromatic carbocycles. The van der Waals surface area contributed by atoms with Crippen LogP contribution in [0.5, 0.6) is 5.75 Å². The lowest BCUT2D eigenvalue weighted by Crippen LogP contribution is -2.49. The molecule has 0 aromatic heterocycles. The molecular formula is C16H18O4. The third kappa shape index (κ3) is 1.79. The molecule has 2 unspecified atom stereocenters. The number of methoxy groups -OCH3 is 1. The molecule has 0 saturated carbocycles. The van der Waals surface area contributed by atoms with Crippen molar-refractivity contribution in [2.45, 2.75) is 32.5 Å². The molecule has 1 aliphatic heterocycles. The first-order valence-electron chi connectivity index (χ1n) is 6.95. The summed E-state index contributed by atoms with van der Waals surface area (Å²) in [6.07, 6.45) is 0.379. The van der Waals surface area contributed by atoms with Gasteiger partial charge in [0.2, 0.25) is 0 Å². The van der Waals surface area contributed by atoms with Crippen molar-refractivity contribution < 1.29 is 19.1 Å².